The first-order valence-electron chi connectivity index (χ1n) is 8.87. The molecule has 7 heteroatoms. The van der Waals surface area contributed by atoms with E-state index >= 15 is 0 Å². The van der Waals surface area contributed by atoms with Crippen LogP contribution in [-0.2, 0) is 4.74 Å². The van der Waals surface area contributed by atoms with E-state index < -0.39 is 17.4 Å². The molecule has 0 saturated carbocycles. The van der Waals surface area contributed by atoms with Gasteiger partial charge in [0.25, 0.3) is 0 Å². The average molecular weight is 396 g/mol. The van der Waals surface area contributed by atoms with Crippen molar-refractivity contribution in [2.24, 2.45) is 0 Å². The van der Waals surface area contributed by atoms with Crippen LogP contribution in [-0.4, -0.2) is 25.7 Å². The Labute approximate surface area is 166 Å². The predicted molar refractivity (Wildman–Crippen MR) is 106 cm³/mol. The van der Waals surface area contributed by atoms with Crippen LogP contribution in [0.2, 0.25) is 0 Å². The number of rotatable bonds is 5. The number of hydrogen-bond donors (Lipinski definition) is 0. The monoisotopic (exact) mass is 396 g/mol. The van der Waals surface area contributed by atoms with Gasteiger partial charge in [0.2, 0.25) is 0 Å². The van der Waals surface area contributed by atoms with Crippen molar-refractivity contribution in [2.75, 3.05) is 25.7 Å². The SMILES string of the molecule is COC1=CCN(c2cc(F)c(Oc3ccnc4cc(OC)ccc34)c(F)c2)C=C1. The van der Waals surface area contributed by atoms with Crippen molar-refractivity contribution in [1.29, 1.82) is 0 Å². The molecular weight excluding hydrogens is 378 g/mol. The van der Waals surface area contributed by atoms with E-state index in [-0.39, 0.29) is 0 Å². The molecule has 148 valence electrons. The molecule has 0 bridgehead atoms. The fourth-order valence-corrected chi connectivity index (χ4v) is 3.06. The molecule has 0 amide bonds. The molecule has 0 atom stereocenters. The molecule has 2 aromatic carbocycles. The van der Waals surface area contributed by atoms with Crippen molar-refractivity contribution in [1.82, 2.24) is 4.98 Å². The van der Waals surface area contributed by atoms with Crippen LogP contribution < -0.4 is 14.4 Å². The number of fused-ring (bicyclic) bond motifs is 1. The number of aromatic nitrogens is 1. The van der Waals surface area contributed by atoms with Gasteiger partial charge in [-0.3, -0.25) is 4.98 Å². The maximum Gasteiger partial charge on any atom is 0.198 e. The van der Waals surface area contributed by atoms with Gasteiger partial charge in [-0.25, -0.2) is 8.78 Å². The van der Waals surface area contributed by atoms with Crippen molar-refractivity contribution in [3.63, 3.8) is 0 Å². The van der Waals surface area contributed by atoms with Crippen molar-refractivity contribution in [2.45, 2.75) is 0 Å². The number of anilines is 1. The van der Waals surface area contributed by atoms with Crippen LogP contribution in [0, 0.1) is 11.6 Å². The van der Waals surface area contributed by atoms with Crippen LogP contribution in [0.3, 0.4) is 0 Å². The van der Waals surface area contributed by atoms with Gasteiger partial charge in [0.15, 0.2) is 17.4 Å². The molecule has 4 rings (SSSR count). The first kappa shape index (κ1) is 18.7. The lowest BCUT2D eigenvalue weighted by atomic mass is 10.2. The number of ether oxygens (including phenoxy) is 3. The Morgan fingerprint density at radius 3 is 2.45 bits per heavy atom. The molecule has 0 aliphatic carbocycles. The van der Waals surface area contributed by atoms with Crippen molar-refractivity contribution >= 4 is 16.6 Å². The summed E-state index contributed by atoms with van der Waals surface area (Å²) in [5, 5.41) is 0.618. The van der Waals surface area contributed by atoms with Gasteiger partial charge < -0.3 is 19.1 Å². The highest BCUT2D eigenvalue weighted by Gasteiger charge is 2.18. The third-order valence-electron chi connectivity index (χ3n) is 4.58. The van der Waals surface area contributed by atoms with E-state index in [0.29, 0.717) is 40.4 Å². The van der Waals surface area contributed by atoms with Gasteiger partial charge in [0, 0.05) is 48.2 Å². The average Bonchev–Trinajstić information content (AvgIpc) is 2.75. The van der Waals surface area contributed by atoms with Gasteiger partial charge in [-0.2, -0.15) is 0 Å². The summed E-state index contributed by atoms with van der Waals surface area (Å²) < 4.78 is 45.4. The standard InChI is InChI=1S/C22H18F2N2O3/c1-27-15-6-9-26(10-7-15)14-11-18(23)22(19(24)12-14)29-21-5-8-25-20-13-16(28-2)3-4-17(20)21/h3-9,11-13H,10H2,1-2H3. The second kappa shape index (κ2) is 7.79. The molecule has 0 spiro atoms. The minimum atomic E-state index is -0.798. The van der Waals surface area contributed by atoms with Gasteiger partial charge in [0.05, 0.1) is 19.7 Å². The topological polar surface area (TPSA) is 43.8 Å². The molecule has 1 aromatic heterocycles. The van der Waals surface area contributed by atoms with Crippen molar-refractivity contribution < 1.29 is 23.0 Å². The number of allylic oxidation sites excluding steroid dienone is 1. The fourth-order valence-electron chi connectivity index (χ4n) is 3.06. The molecule has 0 saturated heterocycles. The third kappa shape index (κ3) is 3.71. The summed E-state index contributed by atoms with van der Waals surface area (Å²) in [6.45, 7) is 0.440. The van der Waals surface area contributed by atoms with Crippen LogP contribution >= 0.6 is 0 Å². The summed E-state index contributed by atoms with van der Waals surface area (Å²) >= 11 is 0. The first-order valence-corrected chi connectivity index (χ1v) is 8.87. The minimum Gasteiger partial charge on any atom is -0.497 e. The molecule has 5 nitrogen and oxygen atoms in total. The summed E-state index contributed by atoms with van der Waals surface area (Å²) in [6, 6.07) is 9.23. The highest BCUT2D eigenvalue weighted by Crippen LogP contribution is 2.35. The molecule has 0 fully saturated rings. The molecule has 1 aliphatic heterocycles. The van der Waals surface area contributed by atoms with Crippen molar-refractivity contribution in [3.8, 4) is 17.2 Å². The number of nitrogens with zero attached hydrogens (tertiary/aromatic N) is 2. The molecular formula is C22H18F2N2O3. The predicted octanol–water partition coefficient (Wildman–Crippen LogP) is 5.18. The van der Waals surface area contributed by atoms with Crippen LogP contribution in [0.15, 0.2) is 66.7 Å². The Morgan fingerprint density at radius 2 is 1.79 bits per heavy atom. The number of hydrogen-bond acceptors (Lipinski definition) is 5. The fraction of sp³-hybridized carbons (Fsp3) is 0.136. The van der Waals surface area contributed by atoms with E-state index in [1.54, 1.807) is 55.7 Å². The molecule has 0 unspecified atom stereocenters. The lowest BCUT2D eigenvalue weighted by Crippen LogP contribution is -2.19. The zero-order valence-electron chi connectivity index (χ0n) is 15.9. The second-order valence-electron chi connectivity index (χ2n) is 6.31. The van der Waals surface area contributed by atoms with Gasteiger partial charge in [-0.05, 0) is 30.4 Å². The van der Waals surface area contributed by atoms with Gasteiger partial charge in [-0.15, -0.1) is 0 Å². The van der Waals surface area contributed by atoms with Gasteiger partial charge in [0.1, 0.15) is 17.3 Å². The molecule has 3 aromatic rings. The lowest BCUT2D eigenvalue weighted by Gasteiger charge is -2.23. The van der Waals surface area contributed by atoms with E-state index in [2.05, 4.69) is 4.98 Å². The van der Waals surface area contributed by atoms with Crippen LogP contribution in [0.5, 0.6) is 17.2 Å². The third-order valence-corrected chi connectivity index (χ3v) is 4.58. The lowest BCUT2D eigenvalue weighted by molar-refractivity contribution is 0.304. The Kier molecular flexibility index (Phi) is 5.03. The zero-order valence-corrected chi connectivity index (χ0v) is 15.9. The molecule has 0 N–H and O–H groups in total. The maximum absolute atomic E-state index is 14.7. The van der Waals surface area contributed by atoms with Crippen molar-refractivity contribution in [3.05, 3.63) is 78.3 Å². The summed E-state index contributed by atoms with van der Waals surface area (Å²) in [6.07, 6.45) is 6.76. The van der Waals surface area contributed by atoms with E-state index in [4.69, 9.17) is 14.2 Å². The quantitative estimate of drug-likeness (QED) is 0.595. The van der Waals surface area contributed by atoms with E-state index in [9.17, 15) is 8.78 Å². The summed E-state index contributed by atoms with van der Waals surface area (Å²) in [4.78, 5) is 5.95. The van der Waals surface area contributed by atoms with Gasteiger partial charge >= 0.3 is 0 Å². The van der Waals surface area contributed by atoms with E-state index in [1.807, 2.05) is 6.08 Å². The Hall–Kier alpha value is -3.61. The molecule has 2 heterocycles. The Bertz CT molecular complexity index is 1110. The minimum absolute atomic E-state index is 0.300. The summed E-state index contributed by atoms with van der Waals surface area (Å²) in [5.74, 6) is -0.436. The number of pyridine rings is 1. The smallest absolute Gasteiger partial charge is 0.198 e. The summed E-state index contributed by atoms with van der Waals surface area (Å²) in [7, 11) is 3.12. The number of benzene rings is 2. The van der Waals surface area contributed by atoms with Crippen LogP contribution in [0.4, 0.5) is 14.5 Å². The number of halogens is 2. The first-order chi connectivity index (χ1) is 14.1. The van der Waals surface area contributed by atoms with E-state index in [0.717, 1.165) is 0 Å². The molecule has 0 radical (unpaired) electrons. The maximum atomic E-state index is 14.7. The van der Waals surface area contributed by atoms with Crippen LogP contribution in [0.25, 0.3) is 10.9 Å². The summed E-state index contributed by atoms with van der Waals surface area (Å²) in [5.41, 5.74) is 0.970. The Morgan fingerprint density at radius 1 is 1.00 bits per heavy atom. The van der Waals surface area contributed by atoms with Crippen LogP contribution in [0.1, 0.15) is 0 Å². The largest absolute Gasteiger partial charge is 0.497 e. The van der Waals surface area contributed by atoms with E-state index in [1.165, 1.54) is 18.3 Å². The Balaban J connectivity index is 1.64. The second-order valence-corrected chi connectivity index (χ2v) is 6.31. The van der Waals surface area contributed by atoms with Gasteiger partial charge in [-0.1, -0.05) is 0 Å². The number of methoxy groups -OCH3 is 2. The highest BCUT2D eigenvalue weighted by atomic mass is 19.1. The molecule has 29 heavy (non-hydrogen) atoms. The highest BCUT2D eigenvalue weighted by molar-refractivity contribution is 5.86. The zero-order chi connectivity index (χ0) is 20.4. The normalized spacial score (nSPS) is 13.4. The molecule has 1 aliphatic rings.